The number of aliphatic hydroxyl groups is 1. The Balaban J connectivity index is 1.36. The predicted octanol–water partition coefficient (Wildman–Crippen LogP) is 4.38. The molecule has 27 heavy (non-hydrogen) atoms. The van der Waals surface area contributed by atoms with Gasteiger partial charge in [-0.25, -0.2) is 0 Å². The zero-order chi connectivity index (χ0) is 19.1. The molecule has 0 saturated heterocycles. The minimum Gasteiger partial charge on any atom is -0.491 e. The molecule has 4 saturated carbocycles. The van der Waals surface area contributed by atoms with Crippen LogP contribution in [-0.2, 0) is 5.41 Å². The molecule has 0 aromatic heterocycles. The van der Waals surface area contributed by atoms with Crippen LogP contribution in [-0.4, -0.2) is 49.0 Å². The molecule has 4 aliphatic carbocycles. The number of benzene rings is 1. The lowest BCUT2D eigenvalue weighted by molar-refractivity contribution is -0.909. The lowest BCUT2D eigenvalue weighted by atomic mass is 9.48. The minimum atomic E-state index is -0.419. The van der Waals surface area contributed by atoms with Crippen LogP contribution in [0, 0.1) is 17.8 Å². The molecule has 1 atom stereocenters. The predicted molar refractivity (Wildman–Crippen MR) is 110 cm³/mol. The normalized spacial score (nSPS) is 33.3. The molecule has 0 aliphatic heterocycles. The molecule has 150 valence electrons. The van der Waals surface area contributed by atoms with Gasteiger partial charge in [-0.05, 0) is 93.2 Å². The summed E-state index contributed by atoms with van der Waals surface area (Å²) >= 11 is 0. The van der Waals surface area contributed by atoms with Crippen molar-refractivity contribution in [3.8, 4) is 5.75 Å². The summed E-state index contributed by atoms with van der Waals surface area (Å²) in [6, 6.07) is 8.89. The number of hydrogen-bond donors (Lipinski definition) is 1. The molecule has 4 aliphatic rings. The summed E-state index contributed by atoms with van der Waals surface area (Å²) in [6.07, 6.45) is 8.27. The van der Waals surface area contributed by atoms with Gasteiger partial charge in [0, 0.05) is 0 Å². The second-order valence-electron chi connectivity index (χ2n) is 10.1. The van der Waals surface area contributed by atoms with Crippen LogP contribution in [0.3, 0.4) is 0 Å². The van der Waals surface area contributed by atoms with Crippen molar-refractivity contribution in [1.82, 2.24) is 0 Å². The van der Waals surface area contributed by atoms with Gasteiger partial charge in [0.25, 0.3) is 0 Å². The fourth-order valence-electron chi connectivity index (χ4n) is 6.60. The summed E-state index contributed by atoms with van der Waals surface area (Å²) in [5.74, 6) is 3.83. The lowest BCUT2D eigenvalue weighted by Gasteiger charge is -2.57. The van der Waals surface area contributed by atoms with Gasteiger partial charge in [0.1, 0.15) is 25.0 Å². The molecule has 3 nitrogen and oxygen atoms in total. The van der Waals surface area contributed by atoms with Gasteiger partial charge in [-0.2, -0.15) is 0 Å². The summed E-state index contributed by atoms with van der Waals surface area (Å²) in [5.41, 5.74) is 1.99. The Kier molecular flexibility index (Phi) is 5.28. The van der Waals surface area contributed by atoms with E-state index >= 15 is 0 Å². The molecule has 0 unspecified atom stereocenters. The van der Waals surface area contributed by atoms with Gasteiger partial charge in [-0.3, -0.25) is 0 Å². The summed E-state index contributed by atoms with van der Waals surface area (Å²) in [7, 11) is 2.20. The molecule has 0 amide bonds. The van der Waals surface area contributed by atoms with E-state index in [9.17, 15) is 5.11 Å². The Bertz CT molecular complexity index is 599. The van der Waals surface area contributed by atoms with E-state index in [1.165, 1.54) is 44.1 Å². The molecular formula is C24H38NO2+. The van der Waals surface area contributed by atoms with E-state index in [1.54, 1.807) is 0 Å². The van der Waals surface area contributed by atoms with E-state index in [4.69, 9.17) is 4.74 Å². The minimum absolute atomic E-state index is 0.380. The number of nitrogens with zero attached hydrogens (tertiary/aromatic N) is 1. The van der Waals surface area contributed by atoms with Gasteiger partial charge in [0.05, 0.1) is 20.1 Å². The molecule has 5 rings (SSSR count). The first-order valence-corrected chi connectivity index (χ1v) is 11.2. The van der Waals surface area contributed by atoms with Gasteiger partial charge >= 0.3 is 0 Å². The average Bonchev–Trinajstić information content (AvgIpc) is 2.65. The summed E-state index contributed by atoms with van der Waals surface area (Å²) in [6.45, 7) is 7.56. The van der Waals surface area contributed by atoms with Crippen molar-refractivity contribution in [2.75, 3.05) is 33.3 Å². The molecule has 4 fully saturated rings. The smallest absolute Gasteiger partial charge is 0.137 e. The first-order chi connectivity index (χ1) is 12.9. The highest BCUT2D eigenvalue weighted by molar-refractivity contribution is 5.34. The molecule has 3 heteroatoms. The van der Waals surface area contributed by atoms with Gasteiger partial charge in [-0.15, -0.1) is 0 Å². The third kappa shape index (κ3) is 3.91. The molecule has 0 heterocycles. The van der Waals surface area contributed by atoms with Crippen LogP contribution in [0.5, 0.6) is 5.75 Å². The fraction of sp³-hybridized carbons (Fsp3) is 0.750. The number of aliphatic hydroxyl groups excluding tert-OH is 1. The van der Waals surface area contributed by atoms with Crippen LogP contribution in [0.25, 0.3) is 0 Å². The number of ether oxygens (including phenoxy) is 1. The van der Waals surface area contributed by atoms with E-state index in [-0.39, 0.29) is 0 Å². The summed E-state index contributed by atoms with van der Waals surface area (Å²) < 4.78 is 6.80. The highest BCUT2D eigenvalue weighted by atomic mass is 16.5. The van der Waals surface area contributed by atoms with Crippen molar-refractivity contribution in [2.24, 2.45) is 17.8 Å². The Morgan fingerprint density at radius 2 is 1.52 bits per heavy atom. The largest absolute Gasteiger partial charge is 0.491 e. The zero-order valence-corrected chi connectivity index (χ0v) is 17.5. The van der Waals surface area contributed by atoms with Crippen LogP contribution in [0.4, 0.5) is 0 Å². The SMILES string of the molecule is CC[N+](C)(CC)C[C@@H](O)COc1ccc(C23CC4CC(CC(C4)C2)C3)cc1. The maximum absolute atomic E-state index is 10.4. The Hall–Kier alpha value is -1.06. The third-order valence-electron chi connectivity index (χ3n) is 8.13. The zero-order valence-electron chi connectivity index (χ0n) is 17.5. The Morgan fingerprint density at radius 1 is 1.00 bits per heavy atom. The number of likely N-dealkylation sites (N-methyl/N-ethyl adjacent to an activating group) is 1. The topological polar surface area (TPSA) is 29.5 Å². The van der Waals surface area contributed by atoms with E-state index in [1.807, 2.05) is 0 Å². The molecule has 1 N–H and O–H groups in total. The van der Waals surface area contributed by atoms with Gasteiger partial charge in [-0.1, -0.05) is 12.1 Å². The molecule has 0 radical (unpaired) electrons. The lowest BCUT2D eigenvalue weighted by Crippen LogP contribution is -2.49. The highest BCUT2D eigenvalue weighted by Crippen LogP contribution is 2.60. The molecule has 1 aromatic rings. The van der Waals surface area contributed by atoms with Gasteiger partial charge in [0.2, 0.25) is 0 Å². The van der Waals surface area contributed by atoms with Crippen molar-refractivity contribution < 1.29 is 14.3 Å². The van der Waals surface area contributed by atoms with Crippen molar-refractivity contribution in [3.63, 3.8) is 0 Å². The third-order valence-corrected chi connectivity index (χ3v) is 8.13. The van der Waals surface area contributed by atoms with Crippen LogP contribution in [0.2, 0.25) is 0 Å². The molecule has 1 aromatic carbocycles. The van der Waals surface area contributed by atoms with Crippen molar-refractivity contribution in [3.05, 3.63) is 29.8 Å². The molecular weight excluding hydrogens is 334 g/mol. The Labute approximate surface area is 165 Å². The molecule has 0 spiro atoms. The van der Waals surface area contributed by atoms with Crippen molar-refractivity contribution in [2.45, 2.75) is 63.9 Å². The van der Waals surface area contributed by atoms with Crippen molar-refractivity contribution in [1.29, 1.82) is 0 Å². The first kappa shape index (κ1) is 19.3. The van der Waals surface area contributed by atoms with Crippen LogP contribution < -0.4 is 4.74 Å². The van der Waals surface area contributed by atoms with Crippen LogP contribution in [0.15, 0.2) is 24.3 Å². The number of hydrogen-bond acceptors (Lipinski definition) is 2. The second kappa shape index (κ2) is 7.40. The monoisotopic (exact) mass is 372 g/mol. The average molecular weight is 373 g/mol. The van der Waals surface area contributed by atoms with E-state index in [2.05, 4.69) is 45.2 Å². The fourth-order valence-corrected chi connectivity index (χ4v) is 6.60. The standard InChI is InChI=1S/C24H38NO2/c1-4-25(3,5-2)16-22(26)17-27-23-8-6-21(7-9-23)24-13-18-10-19(14-24)12-20(11-18)15-24/h6-9,18-20,22,26H,4-5,10-17H2,1-3H3/q+1/t18?,19?,20?,22-,24?/m1/s1. The van der Waals surface area contributed by atoms with Gasteiger partial charge < -0.3 is 14.3 Å². The number of quaternary nitrogens is 1. The quantitative estimate of drug-likeness (QED) is 0.686. The summed E-state index contributed by atoms with van der Waals surface area (Å²) in [5, 5.41) is 10.4. The van der Waals surface area contributed by atoms with Gasteiger partial charge in [0.15, 0.2) is 0 Å². The van der Waals surface area contributed by atoms with E-state index in [0.717, 1.165) is 47.6 Å². The summed E-state index contributed by atoms with van der Waals surface area (Å²) in [4.78, 5) is 0. The van der Waals surface area contributed by atoms with E-state index in [0.29, 0.717) is 12.0 Å². The highest BCUT2D eigenvalue weighted by Gasteiger charge is 2.51. The van der Waals surface area contributed by atoms with E-state index < -0.39 is 6.10 Å². The Morgan fingerprint density at radius 3 is 2.00 bits per heavy atom. The van der Waals surface area contributed by atoms with Crippen LogP contribution >= 0.6 is 0 Å². The first-order valence-electron chi connectivity index (χ1n) is 11.2. The van der Waals surface area contributed by atoms with Crippen LogP contribution in [0.1, 0.15) is 57.9 Å². The maximum atomic E-state index is 10.4. The number of rotatable bonds is 8. The molecule has 4 bridgehead atoms. The van der Waals surface area contributed by atoms with Crippen molar-refractivity contribution >= 4 is 0 Å². The second-order valence-corrected chi connectivity index (χ2v) is 10.1. The maximum Gasteiger partial charge on any atom is 0.137 e.